The number of aliphatic hydroxyl groups excluding tert-OH is 1. The first-order chi connectivity index (χ1) is 16.5. The van der Waals surface area contributed by atoms with Gasteiger partial charge in [0, 0.05) is 6.42 Å². The molecule has 4 unspecified atom stereocenters. The second-order valence-corrected chi connectivity index (χ2v) is 9.58. The summed E-state index contributed by atoms with van der Waals surface area (Å²) in [5.41, 5.74) is 6.44. The second-order valence-electron chi connectivity index (χ2n) is 8.59. The molecule has 4 atom stereocenters. The third kappa shape index (κ3) is 11.0. The summed E-state index contributed by atoms with van der Waals surface area (Å²) >= 11 is 1.54. The summed E-state index contributed by atoms with van der Waals surface area (Å²) in [6.07, 6.45) is 2.51. The fraction of sp³-hybridized carbons (Fsp3) is 0.565. The number of aliphatic hydroxyl groups is 1. The van der Waals surface area contributed by atoms with E-state index in [4.69, 9.17) is 5.73 Å². The van der Waals surface area contributed by atoms with Gasteiger partial charge >= 0.3 is 5.97 Å². The van der Waals surface area contributed by atoms with E-state index in [1.165, 1.54) is 24.3 Å². The number of aromatic hydroxyl groups is 1. The van der Waals surface area contributed by atoms with Gasteiger partial charge in [0.25, 0.3) is 0 Å². The van der Waals surface area contributed by atoms with Gasteiger partial charge < -0.3 is 37.0 Å². The van der Waals surface area contributed by atoms with Crippen molar-refractivity contribution in [3.63, 3.8) is 0 Å². The van der Waals surface area contributed by atoms with Crippen molar-refractivity contribution in [2.75, 3.05) is 18.6 Å². The highest BCUT2D eigenvalue weighted by molar-refractivity contribution is 7.98. The van der Waals surface area contributed by atoms with E-state index < -0.39 is 54.5 Å². The molecule has 196 valence electrons. The van der Waals surface area contributed by atoms with Crippen LogP contribution in [0.15, 0.2) is 24.3 Å². The summed E-state index contributed by atoms with van der Waals surface area (Å²) in [6.45, 7) is 2.94. The van der Waals surface area contributed by atoms with Crippen LogP contribution in [0.1, 0.15) is 32.3 Å². The second kappa shape index (κ2) is 15.2. The number of hydrogen-bond donors (Lipinski definition) is 7. The Morgan fingerprint density at radius 1 is 0.943 bits per heavy atom. The minimum atomic E-state index is -1.43. The van der Waals surface area contributed by atoms with E-state index in [9.17, 15) is 34.5 Å². The molecule has 3 amide bonds. The fourth-order valence-electron chi connectivity index (χ4n) is 3.16. The van der Waals surface area contributed by atoms with E-state index in [-0.39, 0.29) is 24.5 Å². The molecule has 0 aromatic heterocycles. The molecule has 0 aliphatic rings. The van der Waals surface area contributed by atoms with Crippen molar-refractivity contribution >= 4 is 35.5 Å². The van der Waals surface area contributed by atoms with Crippen molar-refractivity contribution in [1.29, 1.82) is 0 Å². The monoisotopic (exact) mass is 512 g/mol. The van der Waals surface area contributed by atoms with Crippen LogP contribution in [-0.2, 0) is 25.6 Å². The first kappa shape index (κ1) is 30.2. The van der Waals surface area contributed by atoms with Crippen LogP contribution >= 0.6 is 11.8 Å². The Balaban J connectivity index is 2.86. The number of aliphatic carboxylic acids is 1. The molecule has 8 N–H and O–H groups in total. The van der Waals surface area contributed by atoms with E-state index in [1.54, 1.807) is 11.8 Å². The molecular weight excluding hydrogens is 476 g/mol. The van der Waals surface area contributed by atoms with Gasteiger partial charge in [-0.05, 0) is 48.5 Å². The number of thioether (sulfide) groups is 1. The molecule has 0 aliphatic carbocycles. The van der Waals surface area contributed by atoms with Gasteiger partial charge in [-0.3, -0.25) is 14.4 Å². The van der Waals surface area contributed by atoms with Crippen molar-refractivity contribution in [2.24, 2.45) is 11.7 Å². The summed E-state index contributed by atoms with van der Waals surface area (Å²) in [5.74, 6) is -2.67. The lowest BCUT2D eigenvalue weighted by molar-refractivity contribution is -0.142. The molecule has 0 aliphatic heterocycles. The smallest absolute Gasteiger partial charge is 0.326 e. The van der Waals surface area contributed by atoms with Crippen LogP contribution in [0.2, 0.25) is 0 Å². The molecule has 0 radical (unpaired) electrons. The maximum Gasteiger partial charge on any atom is 0.326 e. The van der Waals surface area contributed by atoms with Crippen LogP contribution in [0.5, 0.6) is 5.75 Å². The van der Waals surface area contributed by atoms with E-state index in [0.717, 1.165) is 0 Å². The highest BCUT2D eigenvalue weighted by atomic mass is 32.2. The van der Waals surface area contributed by atoms with Crippen LogP contribution < -0.4 is 21.7 Å². The molecule has 0 fully saturated rings. The fourth-order valence-corrected chi connectivity index (χ4v) is 3.65. The topological polar surface area (TPSA) is 191 Å². The van der Waals surface area contributed by atoms with Crippen LogP contribution in [0, 0.1) is 5.92 Å². The van der Waals surface area contributed by atoms with Crippen LogP contribution in [0.25, 0.3) is 0 Å². The average Bonchev–Trinajstić information content (AvgIpc) is 2.80. The Labute approximate surface area is 209 Å². The van der Waals surface area contributed by atoms with Crippen molar-refractivity contribution in [1.82, 2.24) is 16.0 Å². The summed E-state index contributed by atoms with van der Waals surface area (Å²) < 4.78 is 0. The zero-order valence-corrected chi connectivity index (χ0v) is 21.0. The SMILES string of the molecule is CSCCC(N)C(=O)NC(CC(C)C)C(=O)NC(CO)C(=O)NC(Cc1ccc(O)cc1)C(=O)O. The Morgan fingerprint density at radius 2 is 1.49 bits per heavy atom. The zero-order chi connectivity index (χ0) is 26.5. The number of carboxylic acid groups (broad SMARTS) is 1. The number of benzene rings is 1. The van der Waals surface area contributed by atoms with Gasteiger partial charge in [0.1, 0.15) is 23.9 Å². The van der Waals surface area contributed by atoms with Gasteiger partial charge in [0.15, 0.2) is 0 Å². The largest absolute Gasteiger partial charge is 0.508 e. The average molecular weight is 513 g/mol. The molecule has 11 nitrogen and oxygen atoms in total. The van der Waals surface area contributed by atoms with Crippen LogP contribution in [-0.4, -0.2) is 81.8 Å². The molecule has 0 saturated carbocycles. The van der Waals surface area contributed by atoms with E-state index in [0.29, 0.717) is 17.7 Å². The molecule has 0 saturated heterocycles. The third-order valence-electron chi connectivity index (χ3n) is 5.12. The van der Waals surface area contributed by atoms with E-state index in [2.05, 4.69) is 16.0 Å². The van der Waals surface area contributed by atoms with Gasteiger partial charge in [-0.25, -0.2) is 4.79 Å². The quantitative estimate of drug-likeness (QED) is 0.164. The molecular formula is C23H36N4O7S. The minimum Gasteiger partial charge on any atom is -0.508 e. The molecule has 0 spiro atoms. The van der Waals surface area contributed by atoms with Crippen molar-refractivity contribution in [3.05, 3.63) is 29.8 Å². The maximum atomic E-state index is 12.9. The highest BCUT2D eigenvalue weighted by Gasteiger charge is 2.30. The summed E-state index contributed by atoms with van der Waals surface area (Å²) in [4.78, 5) is 49.6. The molecule has 0 bridgehead atoms. The van der Waals surface area contributed by atoms with Gasteiger partial charge in [0.05, 0.1) is 12.6 Å². The number of nitrogens with two attached hydrogens (primary N) is 1. The number of phenolic OH excluding ortho intramolecular Hbond substituents is 1. The molecule has 1 aromatic carbocycles. The van der Waals surface area contributed by atoms with Gasteiger partial charge in [-0.15, -0.1) is 0 Å². The van der Waals surface area contributed by atoms with Gasteiger partial charge in [-0.2, -0.15) is 11.8 Å². The summed E-state index contributed by atoms with van der Waals surface area (Å²) in [6, 6.07) is 1.28. The molecule has 12 heteroatoms. The zero-order valence-electron chi connectivity index (χ0n) is 20.2. The number of carboxylic acids is 1. The minimum absolute atomic E-state index is 0.0148. The summed E-state index contributed by atoms with van der Waals surface area (Å²) in [5, 5.41) is 35.9. The van der Waals surface area contributed by atoms with Crippen molar-refractivity contribution in [2.45, 2.75) is 57.3 Å². The number of nitrogens with one attached hydrogen (secondary N) is 3. The Morgan fingerprint density at radius 3 is 2.00 bits per heavy atom. The lowest BCUT2D eigenvalue weighted by atomic mass is 10.0. The first-order valence-corrected chi connectivity index (χ1v) is 12.6. The Hall–Kier alpha value is -2.83. The Bertz CT molecular complexity index is 851. The molecule has 1 aromatic rings. The number of phenols is 1. The lowest BCUT2D eigenvalue weighted by Gasteiger charge is -2.25. The number of rotatable bonds is 15. The van der Waals surface area contributed by atoms with E-state index >= 15 is 0 Å². The van der Waals surface area contributed by atoms with Crippen LogP contribution in [0.3, 0.4) is 0 Å². The standard InChI is InChI=1S/C23H36N4O7S/c1-13(2)10-17(25-20(30)16(24)8-9-35-3)21(31)27-19(12-28)22(32)26-18(23(33)34)11-14-4-6-15(29)7-5-14/h4-7,13,16-19,28-29H,8-12,24H2,1-3H3,(H,25,30)(H,26,32)(H,27,31)(H,33,34). The van der Waals surface area contributed by atoms with E-state index in [1.807, 2.05) is 20.1 Å². The van der Waals surface area contributed by atoms with Crippen LogP contribution in [0.4, 0.5) is 0 Å². The highest BCUT2D eigenvalue weighted by Crippen LogP contribution is 2.12. The van der Waals surface area contributed by atoms with Crippen molar-refractivity contribution in [3.8, 4) is 5.75 Å². The molecule has 35 heavy (non-hydrogen) atoms. The van der Waals surface area contributed by atoms with Gasteiger partial charge in [-0.1, -0.05) is 26.0 Å². The lowest BCUT2D eigenvalue weighted by Crippen LogP contribution is -2.58. The number of amides is 3. The number of carbonyl (C=O) groups excluding carboxylic acids is 3. The normalized spacial score (nSPS) is 14.5. The first-order valence-electron chi connectivity index (χ1n) is 11.3. The Kier molecular flexibility index (Phi) is 13.1. The molecule has 1 rings (SSSR count). The molecule has 0 heterocycles. The maximum absolute atomic E-state index is 12.9. The van der Waals surface area contributed by atoms with Gasteiger partial charge in [0.2, 0.25) is 17.7 Å². The summed E-state index contributed by atoms with van der Waals surface area (Å²) in [7, 11) is 0. The third-order valence-corrected chi connectivity index (χ3v) is 5.76. The predicted molar refractivity (Wildman–Crippen MR) is 133 cm³/mol. The van der Waals surface area contributed by atoms with Crippen molar-refractivity contribution < 1.29 is 34.5 Å². The predicted octanol–water partition coefficient (Wildman–Crippen LogP) is -0.407. The number of carbonyl (C=O) groups is 4. The number of hydrogen-bond acceptors (Lipinski definition) is 8.